The molecule has 0 radical (unpaired) electrons. The van der Waals surface area contributed by atoms with Crippen molar-refractivity contribution in [2.45, 2.75) is 19.8 Å². The summed E-state index contributed by atoms with van der Waals surface area (Å²) in [5, 5.41) is 5.06. The van der Waals surface area contributed by atoms with Crippen molar-refractivity contribution in [3.63, 3.8) is 0 Å². The van der Waals surface area contributed by atoms with E-state index in [4.69, 9.17) is 9.47 Å². The molecule has 0 aliphatic carbocycles. The van der Waals surface area contributed by atoms with Crippen molar-refractivity contribution in [1.82, 2.24) is 10.6 Å². The lowest BCUT2D eigenvalue weighted by Crippen LogP contribution is -2.39. The van der Waals surface area contributed by atoms with E-state index in [1.165, 1.54) is 0 Å². The Morgan fingerprint density at radius 2 is 1.84 bits per heavy atom. The fourth-order valence-corrected chi connectivity index (χ4v) is 1.20. The van der Waals surface area contributed by atoms with Crippen LogP contribution in [0, 0.1) is 0 Å². The molecule has 7 heteroatoms. The maximum atomic E-state index is 11.2. The van der Waals surface area contributed by atoms with Crippen molar-refractivity contribution in [2.75, 3.05) is 46.6 Å². The standard InChI is InChI=1S/C12H24N2O5/c1-3-19-11(15)10-14-12(16)13-6-4-5-7-18-9-8-17-2/h3-10H2,1-2H3,(H2,13,14,16). The van der Waals surface area contributed by atoms with E-state index < -0.39 is 5.97 Å². The SMILES string of the molecule is CCOC(=O)CNC(=O)NCCCCOCCOC. The quantitative estimate of drug-likeness (QED) is 0.418. The molecule has 0 saturated heterocycles. The summed E-state index contributed by atoms with van der Waals surface area (Å²) in [6, 6.07) is -0.367. The number of urea groups is 1. The summed E-state index contributed by atoms with van der Waals surface area (Å²) in [5.74, 6) is -0.441. The van der Waals surface area contributed by atoms with Gasteiger partial charge in [0.25, 0.3) is 0 Å². The van der Waals surface area contributed by atoms with E-state index in [-0.39, 0.29) is 12.6 Å². The van der Waals surface area contributed by atoms with Gasteiger partial charge in [0.2, 0.25) is 0 Å². The number of rotatable bonds is 11. The molecule has 0 saturated carbocycles. The van der Waals surface area contributed by atoms with Crippen LogP contribution in [0.4, 0.5) is 4.79 Å². The number of unbranched alkanes of at least 4 members (excludes halogenated alkanes) is 1. The highest BCUT2D eigenvalue weighted by Crippen LogP contribution is 1.88. The van der Waals surface area contributed by atoms with Gasteiger partial charge in [-0.1, -0.05) is 0 Å². The second kappa shape index (κ2) is 13.1. The predicted octanol–water partition coefficient (Wildman–Crippen LogP) is 0.292. The van der Waals surface area contributed by atoms with Gasteiger partial charge in [-0.3, -0.25) is 4.79 Å². The Hall–Kier alpha value is -1.34. The van der Waals surface area contributed by atoms with Gasteiger partial charge in [-0.2, -0.15) is 0 Å². The molecule has 0 aliphatic heterocycles. The van der Waals surface area contributed by atoms with Crippen LogP contribution < -0.4 is 10.6 Å². The van der Waals surface area contributed by atoms with E-state index in [9.17, 15) is 9.59 Å². The number of nitrogens with one attached hydrogen (secondary N) is 2. The molecule has 7 nitrogen and oxygen atoms in total. The molecule has 0 heterocycles. The highest BCUT2D eigenvalue weighted by molar-refractivity contribution is 5.80. The molecule has 0 rings (SSSR count). The van der Waals surface area contributed by atoms with E-state index in [1.807, 2.05) is 0 Å². The molecule has 0 atom stereocenters. The van der Waals surface area contributed by atoms with Crippen LogP contribution in [0.1, 0.15) is 19.8 Å². The van der Waals surface area contributed by atoms with Gasteiger partial charge in [0.05, 0.1) is 19.8 Å². The smallest absolute Gasteiger partial charge is 0.325 e. The van der Waals surface area contributed by atoms with Crippen LogP contribution in [-0.4, -0.2) is 58.6 Å². The van der Waals surface area contributed by atoms with Crippen LogP contribution in [0.25, 0.3) is 0 Å². The van der Waals surface area contributed by atoms with Crippen molar-refractivity contribution in [3.05, 3.63) is 0 Å². The minimum absolute atomic E-state index is 0.111. The number of hydrogen-bond donors (Lipinski definition) is 2. The van der Waals surface area contributed by atoms with Crippen molar-refractivity contribution in [2.24, 2.45) is 0 Å². The summed E-state index contributed by atoms with van der Waals surface area (Å²) in [4.78, 5) is 22.2. The van der Waals surface area contributed by atoms with Crippen molar-refractivity contribution in [3.8, 4) is 0 Å². The van der Waals surface area contributed by atoms with Crippen LogP contribution in [-0.2, 0) is 19.0 Å². The Labute approximate surface area is 114 Å². The fourth-order valence-electron chi connectivity index (χ4n) is 1.20. The predicted molar refractivity (Wildman–Crippen MR) is 70.0 cm³/mol. The molecule has 0 unspecified atom stereocenters. The molecule has 2 N–H and O–H groups in total. The topological polar surface area (TPSA) is 85.9 Å². The Morgan fingerprint density at radius 3 is 2.53 bits per heavy atom. The summed E-state index contributed by atoms with van der Waals surface area (Å²) in [7, 11) is 1.63. The second-order valence-corrected chi connectivity index (χ2v) is 3.73. The minimum Gasteiger partial charge on any atom is -0.465 e. The first-order valence-corrected chi connectivity index (χ1v) is 6.44. The van der Waals surface area contributed by atoms with Gasteiger partial charge < -0.3 is 24.8 Å². The van der Waals surface area contributed by atoms with Gasteiger partial charge in [0.15, 0.2) is 0 Å². The normalized spacial score (nSPS) is 10.0. The zero-order chi connectivity index (χ0) is 14.3. The van der Waals surface area contributed by atoms with Crippen LogP contribution in [0.2, 0.25) is 0 Å². The lowest BCUT2D eigenvalue weighted by molar-refractivity contribution is -0.141. The number of amides is 2. The number of hydrogen-bond acceptors (Lipinski definition) is 5. The van der Waals surface area contributed by atoms with E-state index in [0.29, 0.717) is 33.0 Å². The first-order valence-electron chi connectivity index (χ1n) is 6.44. The van der Waals surface area contributed by atoms with Crippen molar-refractivity contribution >= 4 is 12.0 Å². The third-order valence-corrected chi connectivity index (χ3v) is 2.13. The highest BCUT2D eigenvalue weighted by Gasteiger charge is 2.04. The van der Waals surface area contributed by atoms with Gasteiger partial charge in [-0.15, -0.1) is 0 Å². The molecule has 112 valence electrons. The van der Waals surface area contributed by atoms with Gasteiger partial charge >= 0.3 is 12.0 Å². The largest absolute Gasteiger partial charge is 0.465 e. The molecule has 2 amide bonds. The molecule has 0 bridgehead atoms. The highest BCUT2D eigenvalue weighted by atomic mass is 16.5. The molecule has 19 heavy (non-hydrogen) atoms. The zero-order valence-corrected chi connectivity index (χ0v) is 11.7. The summed E-state index contributed by atoms with van der Waals surface area (Å²) >= 11 is 0. The van der Waals surface area contributed by atoms with Crippen molar-refractivity contribution < 1.29 is 23.8 Å². The van der Waals surface area contributed by atoms with Crippen LogP contribution in [0.5, 0.6) is 0 Å². The average molecular weight is 276 g/mol. The molecular formula is C12H24N2O5. The Bertz CT molecular complexity index is 248. The third-order valence-electron chi connectivity index (χ3n) is 2.13. The lowest BCUT2D eigenvalue weighted by atomic mass is 10.3. The van der Waals surface area contributed by atoms with Gasteiger partial charge in [-0.05, 0) is 19.8 Å². The van der Waals surface area contributed by atoms with Gasteiger partial charge in [0.1, 0.15) is 6.54 Å². The average Bonchev–Trinajstić information content (AvgIpc) is 2.40. The molecule has 0 spiro atoms. The zero-order valence-electron chi connectivity index (χ0n) is 11.7. The number of carbonyl (C=O) groups excluding carboxylic acids is 2. The lowest BCUT2D eigenvalue weighted by Gasteiger charge is -2.07. The molecular weight excluding hydrogens is 252 g/mol. The molecule has 0 fully saturated rings. The Balaban J connectivity index is 3.27. The fraction of sp³-hybridized carbons (Fsp3) is 0.833. The maximum Gasteiger partial charge on any atom is 0.325 e. The molecule has 0 aromatic carbocycles. The summed E-state index contributed by atoms with van der Waals surface area (Å²) in [5.41, 5.74) is 0. The van der Waals surface area contributed by atoms with E-state index in [2.05, 4.69) is 15.4 Å². The summed E-state index contributed by atoms with van der Waals surface area (Å²) < 4.78 is 14.8. The van der Waals surface area contributed by atoms with E-state index in [1.54, 1.807) is 14.0 Å². The monoisotopic (exact) mass is 276 g/mol. The van der Waals surface area contributed by atoms with Crippen LogP contribution >= 0.6 is 0 Å². The number of carbonyl (C=O) groups is 2. The Morgan fingerprint density at radius 1 is 1.05 bits per heavy atom. The minimum atomic E-state index is -0.441. The maximum absolute atomic E-state index is 11.2. The summed E-state index contributed by atoms with van der Waals surface area (Å²) in [6.07, 6.45) is 1.68. The molecule has 0 aromatic heterocycles. The van der Waals surface area contributed by atoms with Crippen LogP contribution in [0.3, 0.4) is 0 Å². The molecule has 0 aliphatic rings. The second-order valence-electron chi connectivity index (χ2n) is 3.73. The van der Waals surface area contributed by atoms with E-state index >= 15 is 0 Å². The number of methoxy groups -OCH3 is 1. The van der Waals surface area contributed by atoms with Gasteiger partial charge in [0, 0.05) is 20.3 Å². The van der Waals surface area contributed by atoms with Crippen molar-refractivity contribution in [1.29, 1.82) is 0 Å². The van der Waals surface area contributed by atoms with Gasteiger partial charge in [-0.25, -0.2) is 4.79 Å². The number of ether oxygens (including phenoxy) is 3. The van der Waals surface area contributed by atoms with Crippen LogP contribution in [0.15, 0.2) is 0 Å². The van der Waals surface area contributed by atoms with E-state index in [0.717, 1.165) is 12.8 Å². The third kappa shape index (κ3) is 12.9. The first-order chi connectivity index (χ1) is 9.20. The summed E-state index contributed by atoms with van der Waals surface area (Å²) in [6.45, 7) is 4.29. The Kier molecular flexibility index (Phi) is 12.2. The number of esters is 1. The first kappa shape index (κ1) is 17.7. The molecule has 0 aromatic rings.